The Hall–Kier alpha value is -2.89. The van der Waals surface area contributed by atoms with Gasteiger partial charge in [0, 0.05) is 46.5 Å². The average Bonchev–Trinajstić information content (AvgIpc) is 3.13. The lowest BCUT2D eigenvalue weighted by Gasteiger charge is -2.28. The molecule has 3 heterocycles. The Kier molecular flexibility index (Phi) is 9.04. The number of aromatic nitrogens is 1. The summed E-state index contributed by atoms with van der Waals surface area (Å²) in [6.07, 6.45) is -1.91. The minimum Gasteiger partial charge on any atom is -0.475 e. The van der Waals surface area contributed by atoms with Crippen LogP contribution in [0.15, 0.2) is 18.2 Å². The predicted molar refractivity (Wildman–Crippen MR) is 131 cm³/mol. The quantitative estimate of drug-likeness (QED) is 0.571. The van der Waals surface area contributed by atoms with Crippen molar-refractivity contribution in [2.75, 3.05) is 19.6 Å². The third-order valence-corrected chi connectivity index (χ3v) is 6.65. The van der Waals surface area contributed by atoms with E-state index in [9.17, 15) is 22.8 Å². The Morgan fingerprint density at radius 2 is 1.76 bits per heavy atom. The number of nitrogens with zero attached hydrogens (tertiary/aromatic N) is 3. The lowest BCUT2D eigenvalue weighted by Crippen LogP contribution is -2.42. The first-order valence-electron chi connectivity index (χ1n) is 11.4. The zero-order chi connectivity index (χ0) is 27.5. The van der Waals surface area contributed by atoms with Crippen LogP contribution in [-0.4, -0.2) is 63.5 Å². The third-order valence-electron chi connectivity index (χ3n) is 6.10. The highest BCUT2D eigenvalue weighted by molar-refractivity contribution is 6.36. The molecule has 2 amide bonds. The molecule has 0 radical (unpaired) electrons. The van der Waals surface area contributed by atoms with Gasteiger partial charge in [-0.15, -0.1) is 0 Å². The van der Waals surface area contributed by atoms with E-state index in [-0.39, 0.29) is 24.9 Å². The van der Waals surface area contributed by atoms with Crippen LogP contribution in [0.5, 0.6) is 0 Å². The number of carbonyl (C=O) groups excluding carboxylic acids is 2. The molecule has 1 saturated heterocycles. The molecule has 0 spiro atoms. The van der Waals surface area contributed by atoms with Crippen LogP contribution in [0, 0.1) is 6.92 Å². The van der Waals surface area contributed by atoms with Crippen molar-refractivity contribution < 1.29 is 32.7 Å². The number of rotatable bonds is 4. The van der Waals surface area contributed by atoms with E-state index in [0.29, 0.717) is 39.0 Å². The number of carbonyl (C=O) groups is 3. The number of hydrogen-bond acceptors (Lipinski definition) is 5. The highest BCUT2D eigenvalue weighted by Gasteiger charge is 2.38. The van der Waals surface area contributed by atoms with Crippen LogP contribution in [0.4, 0.5) is 13.2 Å². The van der Waals surface area contributed by atoms with Gasteiger partial charge in [-0.3, -0.25) is 14.6 Å². The molecule has 2 aliphatic rings. The van der Waals surface area contributed by atoms with Crippen molar-refractivity contribution in [1.82, 2.24) is 14.8 Å². The van der Waals surface area contributed by atoms with E-state index in [1.807, 2.05) is 11.8 Å². The number of pyridine rings is 1. The van der Waals surface area contributed by atoms with Crippen molar-refractivity contribution in [3.8, 4) is 11.1 Å². The first-order valence-corrected chi connectivity index (χ1v) is 12.2. The smallest absolute Gasteiger partial charge is 0.475 e. The molecule has 1 fully saturated rings. The zero-order valence-electron chi connectivity index (χ0n) is 19.9. The van der Waals surface area contributed by atoms with Crippen LogP contribution in [0.3, 0.4) is 0 Å². The van der Waals surface area contributed by atoms with Crippen LogP contribution in [0.2, 0.25) is 10.0 Å². The van der Waals surface area contributed by atoms with Crippen LogP contribution in [0.1, 0.15) is 46.6 Å². The fraction of sp³-hybridized carbons (Fsp3) is 0.417. The summed E-state index contributed by atoms with van der Waals surface area (Å²) >= 11 is 12.6. The number of nitrogens with two attached hydrogens (primary N) is 1. The van der Waals surface area contributed by atoms with Gasteiger partial charge in [0.25, 0.3) is 5.91 Å². The number of aryl methyl sites for hydroxylation is 1. The molecule has 0 saturated carbocycles. The number of hydrogen-bond donors (Lipinski definition) is 2. The van der Waals surface area contributed by atoms with Crippen molar-refractivity contribution in [3.05, 3.63) is 50.8 Å². The molecule has 0 aliphatic carbocycles. The van der Waals surface area contributed by atoms with Gasteiger partial charge < -0.3 is 20.6 Å². The van der Waals surface area contributed by atoms with E-state index in [1.165, 1.54) is 0 Å². The Balaban J connectivity index is 0.000000479. The molecule has 0 unspecified atom stereocenters. The number of amides is 2. The van der Waals surface area contributed by atoms with E-state index in [2.05, 4.69) is 4.98 Å². The fourth-order valence-electron chi connectivity index (χ4n) is 4.33. The Bertz CT molecular complexity index is 1220. The largest absolute Gasteiger partial charge is 0.490 e. The summed E-state index contributed by atoms with van der Waals surface area (Å²) in [6.45, 7) is 3.97. The van der Waals surface area contributed by atoms with Gasteiger partial charge in [0.2, 0.25) is 5.91 Å². The summed E-state index contributed by atoms with van der Waals surface area (Å²) in [6, 6.07) is 5.19. The van der Waals surface area contributed by atoms with E-state index < -0.39 is 12.1 Å². The van der Waals surface area contributed by atoms with Crippen molar-refractivity contribution >= 4 is 41.0 Å². The molecule has 4 rings (SSSR count). The van der Waals surface area contributed by atoms with Crippen molar-refractivity contribution in [3.63, 3.8) is 0 Å². The summed E-state index contributed by atoms with van der Waals surface area (Å²) < 4.78 is 31.7. The first-order chi connectivity index (χ1) is 17.3. The van der Waals surface area contributed by atoms with Crippen LogP contribution in [-0.2, 0) is 22.7 Å². The molecule has 37 heavy (non-hydrogen) atoms. The lowest BCUT2D eigenvalue weighted by molar-refractivity contribution is -0.192. The zero-order valence-corrected chi connectivity index (χ0v) is 21.4. The molecule has 200 valence electrons. The molecule has 8 nitrogen and oxygen atoms in total. The van der Waals surface area contributed by atoms with E-state index in [4.69, 9.17) is 38.8 Å². The van der Waals surface area contributed by atoms with Gasteiger partial charge in [0.15, 0.2) is 0 Å². The van der Waals surface area contributed by atoms with Gasteiger partial charge in [-0.1, -0.05) is 29.3 Å². The monoisotopic (exact) mass is 560 g/mol. The summed E-state index contributed by atoms with van der Waals surface area (Å²) in [5.74, 6) is -2.98. The molecular formula is C24H25Cl2F3N4O4. The number of aliphatic carboxylic acids is 1. The second-order valence-corrected chi connectivity index (χ2v) is 9.45. The Morgan fingerprint density at radius 1 is 1.14 bits per heavy atom. The normalized spacial score (nSPS) is 15.3. The number of carboxylic acid groups (broad SMARTS) is 1. The lowest BCUT2D eigenvalue weighted by atomic mass is 9.93. The maximum atomic E-state index is 13.4. The Morgan fingerprint density at radius 3 is 2.30 bits per heavy atom. The fourth-order valence-corrected chi connectivity index (χ4v) is 4.83. The third kappa shape index (κ3) is 6.52. The molecule has 3 N–H and O–H groups in total. The summed E-state index contributed by atoms with van der Waals surface area (Å²) in [4.78, 5) is 43.1. The number of halogens is 5. The average molecular weight is 561 g/mol. The second-order valence-electron chi connectivity index (χ2n) is 8.61. The highest BCUT2D eigenvalue weighted by Crippen LogP contribution is 2.39. The van der Waals surface area contributed by atoms with Crippen LogP contribution >= 0.6 is 23.2 Å². The predicted octanol–water partition coefficient (Wildman–Crippen LogP) is 4.42. The van der Waals surface area contributed by atoms with Gasteiger partial charge >= 0.3 is 12.1 Å². The number of fused-ring (bicyclic) bond motifs is 1. The molecule has 2 aromatic rings. The van der Waals surface area contributed by atoms with E-state index >= 15 is 0 Å². The summed E-state index contributed by atoms with van der Waals surface area (Å²) in [5, 5.41) is 8.08. The topological polar surface area (TPSA) is 117 Å². The standard InChI is InChI=1S/C22H24Cl2N4O2.C2HF3O2/c1-13-16(10-25)20(15-6-5-14(23)9-17(15)24)21-18(26-13)11-28(22(21)30)12-19(29)27-7-3-2-4-8-27;3-2(4,5)1(6)7/h5-6,9H,2-4,7-8,10-12,25H2,1H3;(H,6,7). The number of carboxylic acids is 1. The molecule has 0 atom stereocenters. The molecule has 1 aromatic heterocycles. The number of piperidine rings is 1. The SMILES string of the molecule is Cc1nc2c(c(-c3ccc(Cl)cc3Cl)c1CN)C(=O)N(CC(=O)N1CCCCC1)C2.O=C(O)C(F)(F)F. The maximum Gasteiger partial charge on any atom is 0.490 e. The maximum absolute atomic E-state index is 13.4. The molecule has 1 aromatic carbocycles. The van der Waals surface area contributed by atoms with Gasteiger partial charge in [-0.05, 0) is 43.9 Å². The van der Waals surface area contributed by atoms with Gasteiger partial charge in [0.05, 0.1) is 17.8 Å². The molecule has 13 heteroatoms. The Labute approximate surface area is 221 Å². The number of likely N-dealkylation sites (tertiary alicyclic amines) is 1. The summed E-state index contributed by atoms with van der Waals surface area (Å²) in [5.41, 5.74) is 10.1. The molecule has 0 bridgehead atoms. The number of benzene rings is 1. The highest BCUT2D eigenvalue weighted by atomic mass is 35.5. The van der Waals surface area contributed by atoms with Crippen molar-refractivity contribution in [2.45, 2.75) is 45.5 Å². The number of alkyl halides is 3. The minimum atomic E-state index is -5.08. The molecule has 2 aliphatic heterocycles. The van der Waals surface area contributed by atoms with Crippen LogP contribution in [0.25, 0.3) is 11.1 Å². The van der Waals surface area contributed by atoms with Crippen molar-refractivity contribution in [2.24, 2.45) is 5.73 Å². The van der Waals surface area contributed by atoms with Gasteiger partial charge in [-0.2, -0.15) is 13.2 Å². The van der Waals surface area contributed by atoms with Gasteiger partial charge in [-0.25, -0.2) is 4.79 Å². The summed E-state index contributed by atoms with van der Waals surface area (Å²) in [7, 11) is 0. The van der Waals surface area contributed by atoms with Crippen molar-refractivity contribution in [1.29, 1.82) is 0 Å². The van der Waals surface area contributed by atoms with E-state index in [0.717, 1.165) is 43.6 Å². The van der Waals surface area contributed by atoms with Gasteiger partial charge in [0.1, 0.15) is 6.54 Å². The van der Waals surface area contributed by atoms with E-state index in [1.54, 1.807) is 23.1 Å². The molecular weight excluding hydrogens is 536 g/mol. The minimum absolute atomic E-state index is 0.0160. The first kappa shape index (κ1) is 28.7. The van der Waals surface area contributed by atoms with Crippen LogP contribution < -0.4 is 5.73 Å². The second kappa shape index (κ2) is 11.7.